The lowest BCUT2D eigenvalue weighted by atomic mass is 9.92. The molecule has 0 amide bonds. The van der Waals surface area contributed by atoms with E-state index in [1.807, 2.05) is 58.2 Å². The van der Waals surface area contributed by atoms with Crippen LogP contribution in [-0.2, 0) is 16.0 Å². The Morgan fingerprint density at radius 2 is 1.67 bits per heavy atom. The van der Waals surface area contributed by atoms with Crippen LogP contribution in [0.3, 0.4) is 0 Å². The lowest BCUT2D eigenvalue weighted by Gasteiger charge is -2.14. The number of para-hydroxylation sites is 1. The van der Waals surface area contributed by atoms with Crippen LogP contribution in [0.25, 0.3) is 10.9 Å². The number of hydrogen-bond acceptors (Lipinski definition) is 3. The fourth-order valence-electron chi connectivity index (χ4n) is 3.50. The minimum atomic E-state index is -0.353. The smallest absolute Gasteiger partial charge is 0.306 e. The van der Waals surface area contributed by atoms with E-state index in [0.29, 0.717) is 12.0 Å². The fraction of sp³-hybridized carbons (Fsp3) is 0.304. The number of benzene rings is 2. The van der Waals surface area contributed by atoms with Crippen molar-refractivity contribution in [3.05, 3.63) is 69.9 Å². The Kier molecular flexibility index (Phi) is 5.45. The van der Waals surface area contributed by atoms with Gasteiger partial charge in [0, 0.05) is 29.1 Å². The molecule has 0 saturated carbocycles. The number of aromatic amines is 1. The molecule has 0 unspecified atom stereocenters. The lowest BCUT2D eigenvalue weighted by Crippen LogP contribution is -2.17. The first kappa shape index (κ1) is 18.9. The molecule has 0 aliphatic rings. The van der Waals surface area contributed by atoms with E-state index in [9.17, 15) is 9.59 Å². The number of ketones is 1. The maximum absolute atomic E-state index is 12.6. The Hall–Kier alpha value is -2.88. The summed E-state index contributed by atoms with van der Waals surface area (Å²) in [4.78, 5) is 28.0. The zero-order valence-electron chi connectivity index (χ0n) is 16.3. The lowest BCUT2D eigenvalue weighted by molar-refractivity contribution is -0.142. The molecule has 0 spiro atoms. The Bertz CT molecular complexity index is 988. The summed E-state index contributed by atoms with van der Waals surface area (Å²) in [7, 11) is 0. The number of H-pyrrole nitrogens is 1. The number of aromatic nitrogens is 1. The number of nitrogens with one attached hydrogen (secondary N) is 1. The number of esters is 1. The molecule has 2 aromatic carbocycles. The Labute approximate surface area is 159 Å². The van der Waals surface area contributed by atoms with Crippen LogP contribution in [-0.4, -0.2) is 23.3 Å². The van der Waals surface area contributed by atoms with Gasteiger partial charge in [-0.05, 0) is 68.0 Å². The van der Waals surface area contributed by atoms with Crippen LogP contribution in [0.15, 0.2) is 36.5 Å². The topological polar surface area (TPSA) is 59.2 Å². The van der Waals surface area contributed by atoms with E-state index in [2.05, 4.69) is 11.1 Å². The molecule has 140 valence electrons. The van der Waals surface area contributed by atoms with Crippen molar-refractivity contribution in [2.45, 2.75) is 40.5 Å². The van der Waals surface area contributed by atoms with Gasteiger partial charge in [-0.15, -0.1) is 0 Å². The van der Waals surface area contributed by atoms with Crippen molar-refractivity contribution in [3.63, 3.8) is 0 Å². The summed E-state index contributed by atoms with van der Waals surface area (Å²) in [5, 5.41) is 1.11. The van der Waals surface area contributed by atoms with Gasteiger partial charge in [-0.25, -0.2) is 0 Å². The number of carbonyl (C=O) groups is 2. The van der Waals surface area contributed by atoms with Crippen LogP contribution < -0.4 is 0 Å². The van der Waals surface area contributed by atoms with Gasteiger partial charge in [-0.2, -0.15) is 0 Å². The Morgan fingerprint density at radius 1 is 1.00 bits per heavy atom. The molecule has 1 aromatic heterocycles. The first-order valence-electron chi connectivity index (χ1n) is 9.19. The average Bonchev–Trinajstić information content (AvgIpc) is 3.06. The minimum absolute atomic E-state index is 0.141. The second-order valence-electron chi connectivity index (χ2n) is 7.08. The molecule has 0 radical (unpaired) electrons. The van der Waals surface area contributed by atoms with Crippen molar-refractivity contribution in [2.75, 3.05) is 6.61 Å². The number of fused-ring (bicyclic) bond motifs is 1. The van der Waals surface area contributed by atoms with Crippen molar-refractivity contribution in [1.29, 1.82) is 0 Å². The van der Waals surface area contributed by atoms with Crippen molar-refractivity contribution in [2.24, 2.45) is 0 Å². The van der Waals surface area contributed by atoms with E-state index >= 15 is 0 Å². The third-order valence-electron chi connectivity index (χ3n) is 5.28. The predicted molar refractivity (Wildman–Crippen MR) is 107 cm³/mol. The quantitative estimate of drug-likeness (QED) is 0.507. The van der Waals surface area contributed by atoms with E-state index in [4.69, 9.17) is 4.74 Å². The largest absolute Gasteiger partial charge is 0.457 e. The van der Waals surface area contributed by atoms with Crippen molar-refractivity contribution >= 4 is 22.7 Å². The molecule has 4 nitrogen and oxygen atoms in total. The van der Waals surface area contributed by atoms with Gasteiger partial charge in [0.25, 0.3) is 0 Å². The molecule has 0 aliphatic heterocycles. The molecule has 0 saturated heterocycles. The maximum Gasteiger partial charge on any atom is 0.306 e. The molecule has 3 aromatic rings. The molecule has 0 atom stereocenters. The third-order valence-corrected chi connectivity index (χ3v) is 5.28. The SMILES string of the molecule is Cc1cc(C)c(C)c(C(=O)COC(=O)CCc2c[nH]c3ccccc23)c1C. The molecule has 4 heteroatoms. The zero-order valence-corrected chi connectivity index (χ0v) is 16.3. The van der Waals surface area contributed by atoms with Gasteiger partial charge >= 0.3 is 5.97 Å². The van der Waals surface area contributed by atoms with E-state index in [-0.39, 0.29) is 24.8 Å². The molecular weight excluding hydrogens is 338 g/mol. The normalized spacial score (nSPS) is 11.0. The molecule has 0 fully saturated rings. The molecule has 0 bridgehead atoms. The third kappa shape index (κ3) is 3.95. The number of ether oxygens (including phenoxy) is 1. The molecule has 1 heterocycles. The van der Waals surface area contributed by atoms with Gasteiger partial charge in [-0.1, -0.05) is 24.3 Å². The summed E-state index contributed by atoms with van der Waals surface area (Å²) in [6, 6.07) is 10.1. The molecule has 1 N–H and O–H groups in total. The van der Waals surface area contributed by atoms with E-state index < -0.39 is 0 Å². The van der Waals surface area contributed by atoms with E-state index in [1.165, 1.54) is 0 Å². The van der Waals surface area contributed by atoms with Crippen molar-refractivity contribution < 1.29 is 14.3 Å². The Morgan fingerprint density at radius 3 is 2.37 bits per heavy atom. The second kappa shape index (κ2) is 7.78. The summed E-state index contributed by atoms with van der Waals surface area (Å²) >= 11 is 0. The van der Waals surface area contributed by atoms with Crippen LogP contribution in [0, 0.1) is 27.7 Å². The zero-order chi connectivity index (χ0) is 19.6. The first-order valence-corrected chi connectivity index (χ1v) is 9.19. The standard InChI is InChI=1S/C23H25NO3/c1-14-11-15(2)17(4)23(16(14)3)21(25)13-27-22(26)10-9-18-12-24-20-8-6-5-7-19(18)20/h5-8,11-12,24H,9-10,13H2,1-4H3. The van der Waals surface area contributed by atoms with Gasteiger partial charge < -0.3 is 9.72 Å². The maximum atomic E-state index is 12.6. The van der Waals surface area contributed by atoms with Crippen LogP contribution in [0.5, 0.6) is 0 Å². The van der Waals surface area contributed by atoms with Gasteiger partial charge in [0.2, 0.25) is 5.78 Å². The van der Waals surface area contributed by atoms with Crippen molar-refractivity contribution in [1.82, 2.24) is 4.98 Å². The highest BCUT2D eigenvalue weighted by atomic mass is 16.5. The average molecular weight is 363 g/mol. The highest BCUT2D eigenvalue weighted by Crippen LogP contribution is 2.22. The summed E-state index contributed by atoms with van der Waals surface area (Å²) in [6.07, 6.45) is 2.75. The van der Waals surface area contributed by atoms with Gasteiger partial charge in [0.05, 0.1) is 0 Å². The summed E-state index contributed by atoms with van der Waals surface area (Å²) < 4.78 is 5.26. The monoisotopic (exact) mass is 363 g/mol. The number of aryl methyl sites for hydroxylation is 3. The molecular formula is C23H25NO3. The molecule has 3 rings (SSSR count). The van der Waals surface area contributed by atoms with Crippen LogP contribution in [0.2, 0.25) is 0 Å². The fourth-order valence-corrected chi connectivity index (χ4v) is 3.50. The summed E-state index contributed by atoms with van der Waals surface area (Å²) in [5.41, 5.74) is 6.87. The van der Waals surface area contributed by atoms with Gasteiger partial charge in [0.1, 0.15) is 0 Å². The Balaban J connectivity index is 1.60. The van der Waals surface area contributed by atoms with Crippen LogP contribution >= 0.6 is 0 Å². The van der Waals surface area contributed by atoms with Gasteiger partial charge in [0.15, 0.2) is 6.61 Å². The number of hydrogen-bond donors (Lipinski definition) is 1. The number of carbonyl (C=O) groups excluding carboxylic acids is 2. The first-order chi connectivity index (χ1) is 12.9. The van der Waals surface area contributed by atoms with E-state index in [0.717, 1.165) is 38.7 Å². The highest BCUT2D eigenvalue weighted by Gasteiger charge is 2.17. The number of rotatable bonds is 6. The van der Waals surface area contributed by atoms with E-state index in [1.54, 1.807) is 0 Å². The second-order valence-corrected chi connectivity index (χ2v) is 7.08. The summed E-state index contributed by atoms with van der Waals surface area (Å²) in [6.45, 7) is 7.65. The van der Waals surface area contributed by atoms with Crippen LogP contribution in [0.4, 0.5) is 0 Å². The molecule has 27 heavy (non-hydrogen) atoms. The predicted octanol–water partition coefficient (Wildman–Crippen LogP) is 4.76. The molecule has 0 aliphatic carbocycles. The number of Topliss-reactive ketones (excluding diaryl/α,β-unsaturated/α-hetero) is 1. The van der Waals surface area contributed by atoms with Gasteiger partial charge in [-0.3, -0.25) is 9.59 Å². The van der Waals surface area contributed by atoms with Crippen molar-refractivity contribution in [3.8, 4) is 0 Å². The minimum Gasteiger partial charge on any atom is -0.457 e. The van der Waals surface area contributed by atoms with Crippen LogP contribution in [0.1, 0.15) is 44.6 Å². The summed E-state index contributed by atoms with van der Waals surface area (Å²) in [5.74, 6) is -0.495. The highest BCUT2D eigenvalue weighted by molar-refractivity contribution is 6.01.